The topological polar surface area (TPSA) is 92.8 Å². The summed E-state index contributed by atoms with van der Waals surface area (Å²) in [6.07, 6.45) is 0.267. The average molecular weight is 346 g/mol. The Bertz CT molecular complexity index is 676. The fourth-order valence-corrected chi connectivity index (χ4v) is 2.50. The molecule has 1 aromatic carbocycles. The molecular formula is C18H22N2O5. The molecule has 0 fully saturated rings. The summed E-state index contributed by atoms with van der Waals surface area (Å²) in [6.45, 7) is 7.26. The summed E-state index contributed by atoms with van der Waals surface area (Å²) in [7, 11) is 0. The SMILES string of the molecule is CC(C)CC(=O)NC(C(=O)ON1C(=O)c2ccccc2C1=O)C(C)C. The standard InChI is InChI=1S/C18H22N2O5/c1-10(2)9-14(21)19-15(11(3)4)18(24)25-20-16(22)12-7-5-6-8-13(12)17(20)23/h5-8,10-11,15H,9H2,1-4H3,(H,19,21). The third-order valence-corrected chi connectivity index (χ3v) is 3.77. The highest BCUT2D eigenvalue weighted by Gasteiger charge is 2.40. The number of fused-ring (bicyclic) bond motifs is 1. The Labute approximate surface area is 146 Å². The van der Waals surface area contributed by atoms with Crippen LogP contribution >= 0.6 is 0 Å². The van der Waals surface area contributed by atoms with E-state index in [1.165, 1.54) is 12.1 Å². The van der Waals surface area contributed by atoms with Gasteiger partial charge in [0.1, 0.15) is 6.04 Å². The largest absolute Gasteiger partial charge is 0.355 e. The molecule has 0 spiro atoms. The Morgan fingerprint density at radius 1 is 1.04 bits per heavy atom. The molecule has 134 valence electrons. The first kappa shape index (κ1) is 18.6. The number of hydroxylamine groups is 2. The van der Waals surface area contributed by atoms with Crippen LogP contribution < -0.4 is 5.32 Å². The number of carbonyl (C=O) groups is 4. The van der Waals surface area contributed by atoms with Gasteiger partial charge in [-0.2, -0.15) is 0 Å². The first-order valence-electron chi connectivity index (χ1n) is 8.21. The molecule has 1 unspecified atom stereocenters. The van der Waals surface area contributed by atoms with Gasteiger partial charge in [-0.15, -0.1) is 0 Å². The first-order chi connectivity index (χ1) is 11.7. The molecule has 0 saturated carbocycles. The van der Waals surface area contributed by atoms with E-state index in [9.17, 15) is 19.2 Å². The lowest BCUT2D eigenvalue weighted by Crippen LogP contribution is -2.48. The molecule has 2 rings (SSSR count). The Kier molecular flexibility index (Phi) is 5.56. The first-order valence-corrected chi connectivity index (χ1v) is 8.21. The molecule has 7 nitrogen and oxygen atoms in total. The minimum absolute atomic E-state index is 0.139. The fourth-order valence-electron chi connectivity index (χ4n) is 2.50. The number of nitrogens with zero attached hydrogens (tertiary/aromatic N) is 1. The van der Waals surface area contributed by atoms with Gasteiger partial charge in [0.25, 0.3) is 11.8 Å². The molecule has 3 amide bonds. The van der Waals surface area contributed by atoms with Crippen molar-refractivity contribution >= 4 is 23.7 Å². The minimum Gasteiger partial charge on any atom is -0.342 e. The molecule has 1 aliphatic heterocycles. The zero-order chi connectivity index (χ0) is 18.7. The summed E-state index contributed by atoms with van der Waals surface area (Å²) < 4.78 is 0. The number of hydrogen-bond acceptors (Lipinski definition) is 5. The molecular weight excluding hydrogens is 324 g/mol. The highest BCUT2D eigenvalue weighted by molar-refractivity contribution is 6.20. The van der Waals surface area contributed by atoms with E-state index >= 15 is 0 Å². The molecule has 7 heteroatoms. The maximum absolute atomic E-state index is 12.4. The smallest absolute Gasteiger partial charge is 0.342 e. The van der Waals surface area contributed by atoms with Gasteiger partial charge in [-0.25, -0.2) is 4.79 Å². The van der Waals surface area contributed by atoms with Gasteiger partial charge in [-0.3, -0.25) is 14.4 Å². The van der Waals surface area contributed by atoms with E-state index < -0.39 is 23.8 Å². The second-order valence-electron chi connectivity index (χ2n) is 6.75. The molecule has 1 atom stereocenters. The van der Waals surface area contributed by atoms with Crippen molar-refractivity contribution in [2.24, 2.45) is 11.8 Å². The highest BCUT2D eigenvalue weighted by atomic mass is 16.7. The van der Waals surface area contributed by atoms with Crippen molar-refractivity contribution in [1.82, 2.24) is 10.4 Å². The minimum atomic E-state index is -0.949. The second kappa shape index (κ2) is 7.46. The Morgan fingerprint density at radius 2 is 1.56 bits per heavy atom. The van der Waals surface area contributed by atoms with E-state index in [0.717, 1.165) is 0 Å². The molecule has 0 radical (unpaired) electrons. The van der Waals surface area contributed by atoms with Gasteiger partial charge < -0.3 is 10.2 Å². The summed E-state index contributed by atoms with van der Waals surface area (Å²) in [4.78, 5) is 53.9. The van der Waals surface area contributed by atoms with Crippen LogP contribution in [0.15, 0.2) is 24.3 Å². The summed E-state index contributed by atoms with van der Waals surface area (Å²) in [5, 5.41) is 3.06. The summed E-state index contributed by atoms with van der Waals surface area (Å²) >= 11 is 0. The number of amides is 3. The molecule has 0 aromatic heterocycles. The number of carbonyl (C=O) groups excluding carboxylic acids is 4. The Balaban J connectivity index is 2.10. The number of benzene rings is 1. The van der Waals surface area contributed by atoms with Crippen LogP contribution in [-0.4, -0.2) is 34.8 Å². The summed E-state index contributed by atoms with van der Waals surface area (Å²) in [5.41, 5.74) is 0.371. The molecule has 0 saturated heterocycles. The van der Waals surface area contributed by atoms with E-state index in [4.69, 9.17) is 4.84 Å². The maximum atomic E-state index is 12.4. The number of imide groups is 1. The molecule has 0 bridgehead atoms. The second-order valence-corrected chi connectivity index (χ2v) is 6.75. The number of hydrogen-bond donors (Lipinski definition) is 1. The fraction of sp³-hybridized carbons (Fsp3) is 0.444. The van der Waals surface area contributed by atoms with Crippen molar-refractivity contribution in [3.8, 4) is 0 Å². The van der Waals surface area contributed by atoms with Crippen LogP contribution in [0, 0.1) is 11.8 Å². The lowest BCUT2D eigenvalue weighted by molar-refractivity contribution is -0.173. The predicted molar refractivity (Wildman–Crippen MR) is 89.3 cm³/mol. The van der Waals surface area contributed by atoms with Crippen molar-refractivity contribution in [2.45, 2.75) is 40.2 Å². The van der Waals surface area contributed by atoms with Gasteiger partial charge in [0, 0.05) is 6.42 Å². The summed E-state index contributed by atoms with van der Waals surface area (Å²) in [6, 6.07) is 5.29. The molecule has 25 heavy (non-hydrogen) atoms. The van der Waals surface area contributed by atoms with Gasteiger partial charge in [0.15, 0.2) is 0 Å². The van der Waals surface area contributed by atoms with Crippen LogP contribution in [0.25, 0.3) is 0 Å². The summed E-state index contributed by atoms with van der Waals surface area (Å²) in [5.74, 6) is -2.64. The van der Waals surface area contributed by atoms with E-state index in [2.05, 4.69) is 5.32 Å². The highest BCUT2D eigenvalue weighted by Crippen LogP contribution is 2.23. The molecule has 1 N–H and O–H groups in total. The quantitative estimate of drug-likeness (QED) is 0.795. The zero-order valence-electron chi connectivity index (χ0n) is 14.7. The predicted octanol–water partition coefficient (Wildman–Crippen LogP) is 1.93. The monoisotopic (exact) mass is 346 g/mol. The van der Waals surface area contributed by atoms with Crippen LogP contribution in [0.4, 0.5) is 0 Å². The van der Waals surface area contributed by atoms with Crippen molar-refractivity contribution in [3.05, 3.63) is 35.4 Å². The van der Waals surface area contributed by atoms with Crippen molar-refractivity contribution < 1.29 is 24.0 Å². The number of nitrogens with one attached hydrogen (secondary N) is 1. The molecule has 1 aromatic rings. The molecule has 1 heterocycles. The van der Waals surface area contributed by atoms with E-state index in [0.29, 0.717) is 5.06 Å². The average Bonchev–Trinajstić information content (AvgIpc) is 2.77. The van der Waals surface area contributed by atoms with Crippen molar-refractivity contribution in [3.63, 3.8) is 0 Å². The van der Waals surface area contributed by atoms with E-state index in [-0.39, 0.29) is 35.3 Å². The van der Waals surface area contributed by atoms with Gasteiger partial charge >= 0.3 is 5.97 Å². The van der Waals surface area contributed by atoms with Crippen LogP contribution in [0.5, 0.6) is 0 Å². The van der Waals surface area contributed by atoms with Crippen LogP contribution in [-0.2, 0) is 14.4 Å². The third-order valence-electron chi connectivity index (χ3n) is 3.77. The van der Waals surface area contributed by atoms with E-state index in [1.807, 2.05) is 13.8 Å². The van der Waals surface area contributed by atoms with Gasteiger partial charge in [-0.1, -0.05) is 44.9 Å². The normalized spacial score (nSPS) is 14.7. The molecule has 1 aliphatic rings. The van der Waals surface area contributed by atoms with Crippen LogP contribution in [0.2, 0.25) is 0 Å². The molecule has 0 aliphatic carbocycles. The van der Waals surface area contributed by atoms with Gasteiger partial charge in [0.05, 0.1) is 11.1 Å². The van der Waals surface area contributed by atoms with Gasteiger partial charge in [0.2, 0.25) is 5.91 Å². The third kappa shape index (κ3) is 4.04. The van der Waals surface area contributed by atoms with Crippen molar-refractivity contribution in [2.75, 3.05) is 0 Å². The zero-order valence-corrected chi connectivity index (χ0v) is 14.7. The van der Waals surface area contributed by atoms with Crippen LogP contribution in [0.1, 0.15) is 54.8 Å². The number of rotatable bonds is 6. The van der Waals surface area contributed by atoms with Crippen molar-refractivity contribution in [1.29, 1.82) is 0 Å². The van der Waals surface area contributed by atoms with Gasteiger partial charge in [-0.05, 0) is 24.0 Å². The lowest BCUT2D eigenvalue weighted by Gasteiger charge is -2.23. The lowest BCUT2D eigenvalue weighted by atomic mass is 10.0. The Morgan fingerprint density at radius 3 is 2.00 bits per heavy atom. The van der Waals surface area contributed by atoms with E-state index in [1.54, 1.807) is 26.0 Å². The van der Waals surface area contributed by atoms with Crippen LogP contribution in [0.3, 0.4) is 0 Å². The Hall–Kier alpha value is -2.70. The maximum Gasteiger partial charge on any atom is 0.355 e.